The number of amides is 1. The first-order valence-corrected chi connectivity index (χ1v) is 6.95. The highest BCUT2D eigenvalue weighted by molar-refractivity contribution is 5.90. The minimum Gasteiger partial charge on any atom is -0.326 e. The van der Waals surface area contributed by atoms with Gasteiger partial charge in [0.05, 0.1) is 0 Å². The van der Waals surface area contributed by atoms with Crippen LogP contribution in [0.4, 0.5) is 10.1 Å². The highest BCUT2D eigenvalue weighted by Gasteiger charge is 2.02. The van der Waals surface area contributed by atoms with Gasteiger partial charge in [0.1, 0.15) is 5.82 Å². The number of aryl methyl sites for hydroxylation is 1. The lowest BCUT2D eigenvalue weighted by Gasteiger charge is -2.07. The van der Waals surface area contributed by atoms with Gasteiger partial charge in [0.2, 0.25) is 5.91 Å². The van der Waals surface area contributed by atoms with Gasteiger partial charge in [-0.25, -0.2) is 4.39 Å². The highest BCUT2D eigenvalue weighted by Crippen LogP contribution is 2.08. The summed E-state index contributed by atoms with van der Waals surface area (Å²) in [5, 5.41) is 6.01. The Kier molecular flexibility index (Phi) is 5.46. The third-order valence-electron chi connectivity index (χ3n) is 3.11. The molecule has 0 aliphatic carbocycles. The molecule has 21 heavy (non-hydrogen) atoms. The van der Waals surface area contributed by atoms with Gasteiger partial charge in [0, 0.05) is 25.2 Å². The molecule has 0 atom stereocenters. The van der Waals surface area contributed by atoms with E-state index in [1.165, 1.54) is 12.1 Å². The van der Waals surface area contributed by atoms with E-state index in [1.54, 1.807) is 12.1 Å². The fraction of sp³-hybridized carbons (Fsp3) is 0.235. The van der Waals surface area contributed by atoms with Gasteiger partial charge in [0.25, 0.3) is 0 Å². The Bertz CT molecular complexity index is 579. The molecule has 2 rings (SSSR count). The zero-order chi connectivity index (χ0) is 15.1. The average Bonchev–Trinajstić information content (AvgIpc) is 2.48. The van der Waals surface area contributed by atoms with E-state index in [9.17, 15) is 9.18 Å². The van der Waals surface area contributed by atoms with E-state index in [1.807, 2.05) is 31.2 Å². The molecule has 0 bridgehead atoms. The molecule has 0 unspecified atom stereocenters. The van der Waals surface area contributed by atoms with Crippen molar-refractivity contribution in [2.24, 2.45) is 0 Å². The highest BCUT2D eigenvalue weighted by atomic mass is 19.1. The van der Waals surface area contributed by atoms with Gasteiger partial charge >= 0.3 is 0 Å². The molecule has 2 aromatic carbocycles. The van der Waals surface area contributed by atoms with E-state index >= 15 is 0 Å². The smallest absolute Gasteiger partial charge is 0.225 e. The summed E-state index contributed by atoms with van der Waals surface area (Å²) in [6.45, 7) is 3.21. The molecule has 0 spiro atoms. The summed E-state index contributed by atoms with van der Waals surface area (Å²) < 4.78 is 12.7. The molecule has 0 aliphatic rings. The third-order valence-corrected chi connectivity index (χ3v) is 3.11. The molecule has 3 nitrogen and oxygen atoms in total. The zero-order valence-corrected chi connectivity index (χ0v) is 12.0. The SMILES string of the molecule is Cc1ccc(NC(=O)CCNCc2ccc(F)cc2)cc1. The Hall–Kier alpha value is -2.20. The molecule has 0 aliphatic heterocycles. The maximum atomic E-state index is 12.7. The van der Waals surface area contributed by atoms with E-state index < -0.39 is 0 Å². The number of halogens is 1. The van der Waals surface area contributed by atoms with E-state index in [2.05, 4.69) is 10.6 Å². The zero-order valence-electron chi connectivity index (χ0n) is 12.0. The Labute approximate surface area is 124 Å². The summed E-state index contributed by atoms with van der Waals surface area (Å²) in [5.41, 5.74) is 2.97. The maximum Gasteiger partial charge on any atom is 0.225 e. The van der Waals surface area contributed by atoms with Gasteiger partial charge in [0.15, 0.2) is 0 Å². The molecule has 1 amide bonds. The predicted octanol–water partition coefficient (Wildman–Crippen LogP) is 3.25. The largest absolute Gasteiger partial charge is 0.326 e. The number of carbonyl (C=O) groups is 1. The van der Waals surface area contributed by atoms with Crippen LogP contribution in [0.2, 0.25) is 0 Å². The Morgan fingerprint density at radius 1 is 1.05 bits per heavy atom. The number of carbonyl (C=O) groups excluding carboxylic acids is 1. The molecule has 0 saturated carbocycles. The van der Waals surface area contributed by atoms with Crippen molar-refractivity contribution in [3.8, 4) is 0 Å². The number of nitrogens with one attached hydrogen (secondary N) is 2. The van der Waals surface area contributed by atoms with Crippen LogP contribution in [-0.2, 0) is 11.3 Å². The van der Waals surface area contributed by atoms with Gasteiger partial charge in [-0.05, 0) is 36.8 Å². The Morgan fingerprint density at radius 3 is 2.38 bits per heavy atom. The van der Waals surface area contributed by atoms with Gasteiger partial charge in [-0.15, -0.1) is 0 Å². The maximum absolute atomic E-state index is 12.7. The van der Waals surface area contributed by atoms with Crippen LogP contribution in [0.3, 0.4) is 0 Å². The van der Waals surface area contributed by atoms with Crippen molar-refractivity contribution < 1.29 is 9.18 Å². The van der Waals surface area contributed by atoms with Crippen molar-refractivity contribution in [3.05, 3.63) is 65.5 Å². The van der Waals surface area contributed by atoms with Crippen molar-refractivity contribution in [1.29, 1.82) is 0 Å². The van der Waals surface area contributed by atoms with Crippen molar-refractivity contribution in [2.45, 2.75) is 19.9 Å². The van der Waals surface area contributed by atoms with E-state index in [0.29, 0.717) is 19.5 Å². The Morgan fingerprint density at radius 2 is 1.71 bits per heavy atom. The first kappa shape index (κ1) is 15.2. The molecule has 0 saturated heterocycles. The van der Waals surface area contributed by atoms with Crippen molar-refractivity contribution >= 4 is 11.6 Å². The van der Waals surface area contributed by atoms with Crippen molar-refractivity contribution in [2.75, 3.05) is 11.9 Å². The molecular formula is C17H19FN2O. The molecule has 0 fully saturated rings. The van der Waals surface area contributed by atoms with Gasteiger partial charge in [-0.2, -0.15) is 0 Å². The van der Waals surface area contributed by atoms with Crippen LogP contribution in [0.15, 0.2) is 48.5 Å². The summed E-state index contributed by atoms with van der Waals surface area (Å²) >= 11 is 0. The Balaban J connectivity index is 1.67. The van der Waals surface area contributed by atoms with Crippen molar-refractivity contribution in [1.82, 2.24) is 5.32 Å². The van der Waals surface area contributed by atoms with Crippen LogP contribution in [0.1, 0.15) is 17.5 Å². The number of anilines is 1. The van der Waals surface area contributed by atoms with Crippen LogP contribution in [0.5, 0.6) is 0 Å². The topological polar surface area (TPSA) is 41.1 Å². The van der Waals surface area contributed by atoms with Crippen LogP contribution in [0.25, 0.3) is 0 Å². The molecule has 4 heteroatoms. The van der Waals surface area contributed by atoms with Crippen molar-refractivity contribution in [3.63, 3.8) is 0 Å². The standard InChI is InChI=1S/C17H19FN2O/c1-13-2-8-16(9-3-13)20-17(21)10-11-19-12-14-4-6-15(18)7-5-14/h2-9,19H,10-12H2,1H3,(H,20,21). The first-order chi connectivity index (χ1) is 10.1. The number of rotatable bonds is 6. The molecule has 0 heterocycles. The van der Waals surface area contributed by atoms with Crippen LogP contribution >= 0.6 is 0 Å². The fourth-order valence-electron chi connectivity index (χ4n) is 1.90. The molecule has 0 radical (unpaired) electrons. The van der Waals surface area contributed by atoms with Gasteiger partial charge in [-0.1, -0.05) is 29.8 Å². The minimum atomic E-state index is -0.240. The quantitative estimate of drug-likeness (QED) is 0.800. The lowest BCUT2D eigenvalue weighted by atomic mass is 10.2. The normalized spacial score (nSPS) is 10.4. The summed E-state index contributed by atoms with van der Waals surface area (Å²) in [4.78, 5) is 11.8. The summed E-state index contributed by atoms with van der Waals surface area (Å²) in [6, 6.07) is 14.0. The van der Waals surface area contributed by atoms with E-state index in [0.717, 1.165) is 16.8 Å². The average molecular weight is 286 g/mol. The number of hydrogen-bond acceptors (Lipinski definition) is 2. The summed E-state index contributed by atoms with van der Waals surface area (Å²) in [5.74, 6) is -0.262. The monoisotopic (exact) mass is 286 g/mol. The second-order valence-electron chi connectivity index (χ2n) is 4.97. The lowest BCUT2D eigenvalue weighted by Crippen LogP contribution is -2.21. The fourth-order valence-corrected chi connectivity index (χ4v) is 1.90. The number of benzene rings is 2. The lowest BCUT2D eigenvalue weighted by molar-refractivity contribution is -0.116. The first-order valence-electron chi connectivity index (χ1n) is 6.95. The van der Waals surface area contributed by atoms with Gasteiger partial charge in [-0.3, -0.25) is 4.79 Å². The summed E-state index contributed by atoms with van der Waals surface area (Å²) in [6.07, 6.45) is 0.398. The molecule has 0 aromatic heterocycles. The predicted molar refractivity (Wildman–Crippen MR) is 82.5 cm³/mol. The second-order valence-corrected chi connectivity index (χ2v) is 4.97. The van der Waals surface area contributed by atoms with E-state index in [-0.39, 0.29) is 11.7 Å². The van der Waals surface area contributed by atoms with E-state index in [4.69, 9.17) is 0 Å². The third kappa shape index (κ3) is 5.36. The minimum absolute atomic E-state index is 0.0227. The molecule has 2 N–H and O–H groups in total. The van der Waals surface area contributed by atoms with Crippen LogP contribution < -0.4 is 10.6 Å². The second kappa shape index (κ2) is 7.55. The number of hydrogen-bond donors (Lipinski definition) is 2. The molecular weight excluding hydrogens is 267 g/mol. The molecule has 2 aromatic rings. The summed E-state index contributed by atoms with van der Waals surface area (Å²) in [7, 11) is 0. The van der Waals surface area contributed by atoms with Crippen LogP contribution in [0, 0.1) is 12.7 Å². The van der Waals surface area contributed by atoms with Gasteiger partial charge < -0.3 is 10.6 Å². The van der Waals surface area contributed by atoms with Crippen LogP contribution in [-0.4, -0.2) is 12.5 Å². The molecule has 110 valence electrons.